The lowest BCUT2D eigenvalue weighted by Crippen LogP contribution is -2.55. The van der Waals surface area contributed by atoms with Crippen molar-refractivity contribution in [2.24, 2.45) is 12.8 Å². The summed E-state index contributed by atoms with van der Waals surface area (Å²) in [6.45, 7) is -2.42. The molecule has 4 N–H and O–H groups in total. The van der Waals surface area contributed by atoms with Gasteiger partial charge in [0.2, 0.25) is 0 Å². The van der Waals surface area contributed by atoms with Crippen molar-refractivity contribution in [3.8, 4) is 0 Å². The summed E-state index contributed by atoms with van der Waals surface area (Å²) in [5.74, 6) is -10.6. The van der Waals surface area contributed by atoms with Crippen LogP contribution in [0.5, 0.6) is 0 Å². The number of hydrogen-bond acceptors (Lipinski definition) is 7. The molecule has 4 heterocycles. The van der Waals surface area contributed by atoms with Gasteiger partial charge in [-0.15, -0.1) is 5.10 Å². The van der Waals surface area contributed by atoms with Gasteiger partial charge in [-0.1, -0.05) is 0 Å². The molecule has 1 aliphatic rings. The van der Waals surface area contributed by atoms with Crippen LogP contribution in [0.2, 0.25) is 0 Å². The molecule has 0 aliphatic carbocycles. The van der Waals surface area contributed by atoms with Crippen molar-refractivity contribution in [2.75, 3.05) is 30.0 Å². The van der Waals surface area contributed by atoms with E-state index in [0.717, 1.165) is 10.9 Å². The Bertz CT molecular complexity index is 1360. The number of hydrogen-bond donors (Lipinski definition) is 3. The van der Waals surface area contributed by atoms with E-state index in [2.05, 4.69) is 20.5 Å². The number of rotatable bonds is 5. The van der Waals surface area contributed by atoms with E-state index in [9.17, 15) is 39.9 Å². The van der Waals surface area contributed by atoms with Gasteiger partial charge < -0.3 is 21.1 Å². The molecule has 1 fully saturated rings. The van der Waals surface area contributed by atoms with Gasteiger partial charge in [-0.25, -0.2) is 27.5 Å². The summed E-state index contributed by atoms with van der Waals surface area (Å²) in [5.41, 5.74) is 4.21. The number of fused-ring (bicyclic) bond motifs is 1. The fourth-order valence-corrected chi connectivity index (χ4v) is 3.52. The third kappa shape index (κ3) is 6.35. The van der Waals surface area contributed by atoms with Gasteiger partial charge in [0, 0.05) is 45.1 Å². The fraction of sp³-hybridized carbons (Fsp3) is 0.450. The Balaban J connectivity index is 0.000000532. The van der Waals surface area contributed by atoms with Crippen LogP contribution in [0.4, 0.5) is 46.6 Å². The Morgan fingerprint density at radius 3 is 2.44 bits per heavy atom. The SMILES string of the molecule is Cn1cc(NC(=O)c2c(N3CCC(F)(F)C(N)C3)nn3cccnc23)c(C(F)(F)CF)n1.O=C(O)C(F)(F)F. The van der Waals surface area contributed by atoms with Crippen molar-refractivity contribution in [3.63, 3.8) is 0 Å². The number of nitrogens with one attached hydrogen (secondary N) is 1. The highest BCUT2D eigenvalue weighted by atomic mass is 19.4. The molecule has 0 bridgehead atoms. The molecule has 0 spiro atoms. The molecule has 0 radical (unpaired) electrons. The maximum absolute atomic E-state index is 14.0. The summed E-state index contributed by atoms with van der Waals surface area (Å²) in [6, 6.07) is 0.0564. The molecule has 1 atom stereocenters. The van der Waals surface area contributed by atoms with Crippen molar-refractivity contribution < 1.29 is 49.8 Å². The average molecular weight is 572 g/mol. The van der Waals surface area contributed by atoms with Crippen molar-refractivity contribution in [3.05, 3.63) is 35.9 Å². The summed E-state index contributed by atoms with van der Waals surface area (Å²) < 4.78 is 103. The Kier molecular flexibility index (Phi) is 8.04. The Hall–Kier alpha value is -4.03. The molecule has 19 heteroatoms. The molecule has 0 saturated carbocycles. The first-order chi connectivity index (χ1) is 18.0. The zero-order valence-electron chi connectivity index (χ0n) is 19.8. The highest BCUT2D eigenvalue weighted by Gasteiger charge is 2.44. The van der Waals surface area contributed by atoms with Crippen LogP contribution < -0.4 is 16.0 Å². The minimum Gasteiger partial charge on any atom is -0.475 e. The van der Waals surface area contributed by atoms with Gasteiger partial charge in [0.25, 0.3) is 11.8 Å². The summed E-state index contributed by atoms with van der Waals surface area (Å²) in [5, 5.41) is 17.2. The molecule has 1 unspecified atom stereocenters. The van der Waals surface area contributed by atoms with Crippen LogP contribution in [0.25, 0.3) is 5.65 Å². The third-order valence-corrected chi connectivity index (χ3v) is 5.41. The molecule has 11 nitrogen and oxygen atoms in total. The molecule has 0 aromatic carbocycles. The molecule has 1 amide bonds. The Morgan fingerprint density at radius 2 is 1.87 bits per heavy atom. The first-order valence-corrected chi connectivity index (χ1v) is 10.8. The topological polar surface area (TPSA) is 144 Å². The fourth-order valence-electron chi connectivity index (χ4n) is 3.52. The van der Waals surface area contributed by atoms with Crippen LogP contribution in [-0.2, 0) is 17.8 Å². The van der Waals surface area contributed by atoms with E-state index < -0.39 is 60.4 Å². The molecule has 39 heavy (non-hydrogen) atoms. The van der Waals surface area contributed by atoms with Gasteiger partial charge >= 0.3 is 18.1 Å². The number of carboxylic acids is 1. The van der Waals surface area contributed by atoms with Crippen molar-refractivity contribution >= 4 is 29.0 Å². The first kappa shape index (κ1) is 29.5. The van der Waals surface area contributed by atoms with Gasteiger partial charge in [-0.2, -0.15) is 27.1 Å². The average Bonchev–Trinajstić information content (AvgIpc) is 3.41. The minimum absolute atomic E-state index is 0.0230. The molecular formula is C20H20F8N8O3. The third-order valence-electron chi connectivity index (χ3n) is 5.41. The van der Waals surface area contributed by atoms with Crippen molar-refractivity contribution in [1.82, 2.24) is 24.4 Å². The number of aromatic nitrogens is 5. The standard InChI is InChI=1S/C18H19F5N8O.C2HF3O2/c1-29-7-10(13(27-29)18(22,23)9-19)26-16(32)12-14-25-4-2-5-31(14)28-15(12)30-6-3-17(20,21)11(24)8-30;3-2(4,5)1(6)7/h2,4-5,7,11H,3,6,8-9,24H2,1H3,(H,26,32);(H,6,7). The van der Waals surface area contributed by atoms with E-state index in [0.29, 0.717) is 0 Å². The second-order valence-electron chi connectivity index (χ2n) is 8.31. The Labute approximate surface area is 213 Å². The van der Waals surface area contributed by atoms with E-state index in [1.54, 1.807) is 6.07 Å². The minimum atomic E-state index is -5.08. The highest BCUT2D eigenvalue weighted by Crippen LogP contribution is 2.35. The number of aliphatic carboxylic acids is 1. The van der Waals surface area contributed by atoms with Gasteiger partial charge in [-0.3, -0.25) is 9.48 Å². The largest absolute Gasteiger partial charge is 0.490 e. The lowest BCUT2D eigenvalue weighted by Gasteiger charge is -2.36. The van der Waals surface area contributed by atoms with E-state index in [1.165, 1.54) is 28.9 Å². The molecule has 3 aromatic rings. The number of alkyl halides is 8. The summed E-state index contributed by atoms with van der Waals surface area (Å²) >= 11 is 0. The number of amides is 1. The molecular weight excluding hydrogens is 552 g/mol. The molecule has 4 rings (SSSR count). The van der Waals surface area contributed by atoms with Gasteiger partial charge in [0.15, 0.2) is 23.8 Å². The van der Waals surface area contributed by atoms with Crippen LogP contribution in [0.1, 0.15) is 22.5 Å². The molecule has 3 aromatic heterocycles. The van der Waals surface area contributed by atoms with Gasteiger partial charge in [0.05, 0.1) is 11.7 Å². The highest BCUT2D eigenvalue weighted by molar-refractivity contribution is 6.12. The van der Waals surface area contributed by atoms with Crippen molar-refractivity contribution in [1.29, 1.82) is 0 Å². The molecule has 1 saturated heterocycles. The van der Waals surface area contributed by atoms with Crippen LogP contribution >= 0.6 is 0 Å². The second kappa shape index (κ2) is 10.6. The van der Waals surface area contributed by atoms with E-state index in [1.807, 2.05) is 0 Å². The van der Waals surface area contributed by atoms with Crippen LogP contribution in [0.3, 0.4) is 0 Å². The molecule has 1 aliphatic heterocycles. The second-order valence-corrected chi connectivity index (χ2v) is 8.31. The van der Waals surface area contributed by atoms with Gasteiger partial charge in [0.1, 0.15) is 5.56 Å². The number of halogens is 8. The van der Waals surface area contributed by atoms with E-state index in [-0.39, 0.29) is 30.1 Å². The lowest BCUT2D eigenvalue weighted by atomic mass is 10.0. The number of aryl methyl sites for hydroxylation is 1. The maximum Gasteiger partial charge on any atom is 0.490 e. The zero-order valence-corrected chi connectivity index (χ0v) is 19.8. The van der Waals surface area contributed by atoms with Crippen molar-refractivity contribution in [2.45, 2.75) is 30.5 Å². The molecule has 214 valence electrons. The van der Waals surface area contributed by atoms with E-state index in [4.69, 9.17) is 15.6 Å². The zero-order chi connectivity index (χ0) is 29.3. The number of anilines is 2. The lowest BCUT2D eigenvalue weighted by molar-refractivity contribution is -0.192. The predicted molar refractivity (Wildman–Crippen MR) is 117 cm³/mol. The maximum atomic E-state index is 14.0. The monoisotopic (exact) mass is 572 g/mol. The van der Waals surface area contributed by atoms with Crippen LogP contribution in [-0.4, -0.2) is 79.3 Å². The number of piperidine rings is 1. The number of carbonyl (C=O) groups excluding carboxylic acids is 1. The number of nitrogens with zero attached hydrogens (tertiary/aromatic N) is 6. The summed E-state index contributed by atoms with van der Waals surface area (Å²) in [4.78, 5) is 27.6. The van der Waals surface area contributed by atoms with Crippen LogP contribution in [0, 0.1) is 0 Å². The first-order valence-electron chi connectivity index (χ1n) is 10.8. The Morgan fingerprint density at radius 1 is 1.23 bits per heavy atom. The number of carboxylic acid groups (broad SMARTS) is 1. The number of nitrogens with two attached hydrogens (primary N) is 1. The predicted octanol–water partition coefficient (Wildman–Crippen LogP) is 2.58. The quantitative estimate of drug-likeness (QED) is 0.396. The number of carbonyl (C=O) groups is 2. The summed E-state index contributed by atoms with van der Waals surface area (Å²) in [7, 11) is 1.34. The van der Waals surface area contributed by atoms with Gasteiger partial charge in [-0.05, 0) is 6.07 Å². The van der Waals surface area contributed by atoms with E-state index >= 15 is 0 Å². The smallest absolute Gasteiger partial charge is 0.475 e. The summed E-state index contributed by atoms with van der Waals surface area (Å²) in [6.07, 6.45) is -1.65. The normalized spacial score (nSPS) is 17.5. The van der Waals surface area contributed by atoms with Crippen LogP contribution in [0.15, 0.2) is 24.7 Å².